The van der Waals surface area contributed by atoms with Crippen LogP contribution >= 0.6 is 0 Å². The van der Waals surface area contributed by atoms with E-state index in [-0.39, 0.29) is 39.3 Å². The van der Waals surface area contributed by atoms with Crippen molar-refractivity contribution in [2.45, 2.75) is 50.6 Å². The number of anilines is 2. The van der Waals surface area contributed by atoms with Crippen LogP contribution in [0.15, 0.2) is 137 Å². The fourth-order valence-electron chi connectivity index (χ4n) is 6.42. The number of rotatable bonds is 14. The largest absolute Gasteiger partial charge is 0.744 e. The van der Waals surface area contributed by atoms with E-state index in [1.807, 2.05) is 26.0 Å². The summed E-state index contributed by atoms with van der Waals surface area (Å²) in [4.78, 5) is 4.07. The van der Waals surface area contributed by atoms with Crippen LogP contribution in [-0.4, -0.2) is 92.0 Å². The van der Waals surface area contributed by atoms with Gasteiger partial charge in [0.1, 0.15) is 16.7 Å². The van der Waals surface area contributed by atoms with E-state index in [1.54, 1.807) is 12.1 Å². The Morgan fingerprint density at radius 2 is 1.15 bits per heavy atom. The van der Waals surface area contributed by atoms with Gasteiger partial charge in [0, 0.05) is 84.8 Å². The summed E-state index contributed by atoms with van der Waals surface area (Å²) in [7, 11) is -8.84. The van der Waals surface area contributed by atoms with Crippen LogP contribution in [0.4, 0.5) is 11.4 Å². The average Bonchev–Trinajstić information content (AvgIpc) is 3.14. The van der Waals surface area contributed by atoms with Gasteiger partial charge in [-0.3, -0.25) is 4.55 Å². The van der Waals surface area contributed by atoms with Gasteiger partial charge in [-0.25, -0.2) is 13.0 Å². The van der Waals surface area contributed by atoms with E-state index >= 15 is 0 Å². The smallest absolute Gasteiger partial charge is 0.294 e. The fourth-order valence-corrected chi connectivity index (χ4v) is 7.51. The molecular weight excluding hydrogens is 718 g/mol. The van der Waals surface area contributed by atoms with E-state index < -0.39 is 20.2 Å². The molecule has 9 nitrogen and oxygen atoms in total. The molecule has 0 heterocycles. The van der Waals surface area contributed by atoms with E-state index in [0.717, 1.165) is 63.6 Å². The van der Waals surface area contributed by atoms with E-state index in [4.69, 9.17) is 0 Å². The zero-order valence-electron chi connectivity index (χ0n) is 30.9. The van der Waals surface area contributed by atoms with Crippen molar-refractivity contribution in [1.29, 1.82) is 0 Å². The van der Waals surface area contributed by atoms with Gasteiger partial charge < -0.3 is 14.4 Å². The first kappa shape index (κ1) is 41.9. The number of hydrogen-bond acceptors (Lipinski definition) is 7. The summed E-state index contributed by atoms with van der Waals surface area (Å²) in [5, 5.41) is 0. The Hall–Kier alpha value is -3.81. The zero-order valence-corrected chi connectivity index (χ0v) is 34.6. The molecule has 0 aromatic heterocycles. The minimum atomic E-state index is -4.55. The summed E-state index contributed by atoms with van der Waals surface area (Å²) in [6.45, 7) is 12.5. The molecule has 0 amide bonds. The molecule has 0 aliphatic heterocycles. The Bertz CT molecular complexity index is 2230. The molecule has 0 spiro atoms. The van der Waals surface area contributed by atoms with Gasteiger partial charge in [-0.1, -0.05) is 48.5 Å². The summed E-state index contributed by atoms with van der Waals surface area (Å²) in [5.74, 6) is 0. The van der Waals surface area contributed by atoms with Gasteiger partial charge in [-0.05, 0) is 116 Å². The van der Waals surface area contributed by atoms with Crippen molar-refractivity contribution in [2.75, 3.05) is 36.0 Å². The Labute approximate surface area is 336 Å². The second-order valence-electron chi connectivity index (χ2n) is 12.4. The topological polar surface area (TPSA) is 121 Å². The van der Waals surface area contributed by atoms with Crippen LogP contribution in [0, 0.1) is 0 Å². The van der Waals surface area contributed by atoms with Gasteiger partial charge in [0.25, 0.3) is 10.1 Å². The van der Waals surface area contributed by atoms with E-state index in [9.17, 15) is 25.9 Å². The number of nitrogens with zero attached hydrogens (tertiary/aromatic N) is 3. The number of hydrogen-bond donors (Lipinski definition) is 1. The first-order chi connectivity index (χ1) is 24.8. The van der Waals surface area contributed by atoms with Crippen molar-refractivity contribution >= 4 is 72.5 Å². The molecule has 1 aliphatic carbocycles. The average molecular weight is 763 g/mol. The first-order valence-electron chi connectivity index (χ1n) is 17.4. The predicted octanol–water partition coefficient (Wildman–Crippen LogP) is 6.93. The maximum absolute atomic E-state index is 11.7. The monoisotopic (exact) mass is 762 g/mol. The van der Waals surface area contributed by atoms with E-state index in [2.05, 4.69) is 101 Å². The van der Waals surface area contributed by atoms with Crippen molar-refractivity contribution in [3.8, 4) is 0 Å². The van der Waals surface area contributed by atoms with E-state index in [1.165, 1.54) is 24.3 Å². The van der Waals surface area contributed by atoms with Crippen LogP contribution < -0.4 is 9.80 Å². The van der Waals surface area contributed by atoms with Crippen LogP contribution in [0.2, 0.25) is 0 Å². The molecule has 0 fully saturated rings. The van der Waals surface area contributed by atoms with Crippen LogP contribution in [-0.2, 0) is 33.3 Å². The first-order valence-corrected chi connectivity index (χ1v) is 20.2. The Morgan fingerprint density at radius 3 is 1.64 bits per heavy atom. The normalized spacial score (nSPS) is 12.7. The van der Waals surface area contributed by atoms with Crippen molar-refractivity contribution in [1.82, 2.24) is 0 Å². The summed E-state index contributed by atoms with van der Waals surface area (Å²) < 4.78 is 69.9. The third-order valence-electron chi connectivity index (χ3n) is 9.22. The summed E-state index contributed by atoms with van der Waals surface area (Å²) in [5.41, 5.74) is 8.77. The minimum absolute atomic E-state index is 0. The molecule has 4 aromatic carbocycles. The van der Waals surface area contributed by atoms with Crippen LogP contribution in [0.3, 0.4) is 0 Å². The molecule has 12 heteroatoms. The summed E-state index contributed by atoms with van der Waals surface area (Å²) >= 11 is 0. The Balaban J connectivity index is 0.00000627. The SMILES string of the molecule is CCN(CC)c1ccc(C(=C2C=CC(=[N+](CC)Cc3cccc(S(=O)(=O)O)c3)C=C2)c2ccc(N(CC)Cc3cccc(S(=O)(=O)[O-])c3)cc2)cc1.[Na]. The van der Waals surface area contributed by atoms with Crippen molar-refractivity contribution < 1.29 is 30.5 Å². The Kier molecular flexibility index (Phi) is 14.6. The molecule has 53 heavy (non-hydrogen) atoms. The van der Waals surface area contributed by atoms with Gasteiger partial charge in [-0.15, -0.1) is 0 Å². The predicted molar refractivity (Wildman–Crippen MR) is 213 cm³/mol. The Morgan fingerprint density at radius 1 is 0.660 bits per heavy atom. The molecule has 0 saturated heterocycles. The number of allylic oxidation sites excluding steroid dienone is 5. The van der Waals surface area contributed by atoms with E-state index in [0.29, 0.717) is 26.2 Å². The van der Waals surface area contributed by atoms with Gasteiger partial charge in [0.2, 0.25) is 0 Å². The van der Waals surface area contributed by atoms with Gasteiger partial charge in [-0.2, -0.15) is 8.42 Å². The molecule has 1 N–H and O–H groups in total. The second-order valence-corrected chi connectivity index (χ2v) is 15.2. The third-order valence-corrected chi connectivity index (χ3v) is 10.9. The summed E-state index contributed by atoms with van der Waals surface area (Å²) in [6, 6.07) is 29.4. The van der Waals surface area contributed by atoms with Crippen LogP contribution in [0.1, 0.15) is 49.9 Å². The molecule has 1 radical (unpaired) electrons. The van der Waals surface area contributed by atoms with Crippen LogP contribution in [0.5, 0.6) is 0 Å². The molecule has 1 aliphatic rings. The molecule has 0 atom stereocenters. The molecule has 0 unspecified atom stereocenters. The minimum Gasteiger partial charge on any atom is -0.744 e. The molecular formula is C41H45N3NaO6S2. The third kappa shape index (κ3) is 10.7. The summed E-state index contributed by atoms with van der Waals surface area (Å²) in [6.07, 6.45) is 8.34. The number of benzene rings is 4. The molecule has 4 aromatic rings. The molecule has 0 bridgehead atoms. The standard InChI is InChI=1S/C41H45N3O6S2.Na/c1-5-42(6-2)36-21-15-33(16-22-36)41(34-17-23-37(24-18-34)43(7-3)29-31-11-9-13-39(27-31)51(45,46)47)35-19-25-38(26-20-35)44(8-4)30-32-12-10-14-40(28-32)52(48,49)50;/h9-28H,5-8,29-30H2,1-4H3,(H-,45,46,47,48,49,50);. The van der Waals surface area contributed by atoms with Gasteiger partial charge in [0.05, 0.1) is 9.79 Å². The zero-order chi connectivity index (χ0) is 37.5. The maximum atomic E-state index is 11.7. The molecule has 273 valence electrons. The van der Waals surface area contributed by atoms with Crippen molar-refractivity contribution in [2.24, 2.45) is 0 Å². The van der Waals surface area contributed by atoms with Crippen molar-refractivity contribution in [3.05, 3.63) is 149 Å². The molecule has 0 saturated carbocycles. The van der Waals surface area contributed by atoms with Gasteiger partial charge >= 0.3 is 0 Å². The van der Waals surface area contributed by atoms with Crippen LogP contribution in [0.25, 0.3) is 5.57 Å². The molecule has 5 rings (SSSR count). The van der Waals surface area contributed by atoms with Crippen molar-refractivity contribution in [3.63, 3.8) is 0 Å². The fraction of sp³-hybridized carbons (Fsp3) is 0.244. The second kappa shape index (κ2) is 18.5. The van der Waals surface area contributed by atoms with Gasteiger partial charge in [0.15, 0.2) is 12.3 Å². The quantitative estimate of drug-likeness (QED) is 0.0835. The maximum Gasteiger partial charge on any atom is 0.294 e.